The molecular weight excluding hydrogens is 379 g/mol. The Hall–Kier alpha value is -3.18. The maximum Gasteiger partial charge on any atom is 0.435 e. The third kappa shape index (κ3) is 3.83. The first-order chi connectivity index (χ1) is 12.7. The van der Waals surface area contributed by atoms with E-state index in [1.807, 2.05) is 0 Å². The van der Waals surface area contributed by atoms with Crippen molar-refractivity contribution in [3.63, 3.8) is 0 Å². The molecule has 0 unspecified atom stereocenters. The number of hydrogen-bond donors (Lipinski definition) is 0. The van der Waals surface area contributed by atoms with Crippen LogP contribution in [0, 0.1) is 0 Å². The molecular formula is C15H11F5N4O3. The number of nitrogens with zero attached hydrogens (tertiary/aromatic N) is 4. The second-order valence-corrected chi connectivity index (χ2v) is 5.19. The summed E-state index contributed by atoms with van der Waals surface area (Å²) in [6, 6.07) is 4.68. The van der Waals surface area contributed by atoms with E-state index in [4.69, 9.17) is 9.15 Å². The molecule has 0 aliphatic heterocycles. The first-order valence-electron chi connectivity index (χ1n) is 7.27. The lowest BCUT2D eigenvalue weighted by atomic mass is 10.2. The molecule has 1 aromatic carbocycles. The molecule has 0 atom stereocenters. The average molecular weight is 390 g/mol. The number of aromatic nitrogens is 4. The van der Waals surface area contributed by atoms with Crippen LogP contribution in [0.5, 0.6) is 11.5 Å². The number of aryl methyl sites for hydroxylation is 1. The van der Waals surface area contributed by atoms with Crippen molar-refractivity contribution in [3.05, 3.63) is 30.0 Å². The van der Waals surface area contributed by atoms with E-state index in [0.717, 1.165) is 10.7 Å². The molecule has 2 aromatic heterocycles. The van der Waals surface area contributed by atoms with Crippen molar-refractivity contribution in [2.24, 2.45) is 7.05 Å². The molecule has 0 fully saturated rings. The van der Waals surface area contributed by atoms with Gasteiger partial charge in [-0.05, 0) is 18.2 Å². The summed E-state index contributed by atoms with van der Waals surface area (Å²) in [6.07, 6.45) is -4.62. The molecule has 0 aliphatic rings. The monoisotopic (exact) mass is 390 g/mol. The van der Waals surface area contributed by atoms with Gasteiger partial charge in [-0.2, -0.15) is 27.1 Å². The lowest BCUT2D eigenvalue weighted by Gasteiger charge is -2.10. The lowest BCUT2D eigenvalue weighted by Crippen LogP contribution is -2.06. The number of benzene rings is 1. The number of ether oxygens (including phenoxy) is 2. The Labute approximate surface area is 148 Å². The summed E-state index contributed by atoms with van der Waals surface area (Å²) >= 11 is 0. The smallest absolute Gasteiger partial charge is 0.435 e. The third-order valence-electron chi connectivity index (χ3n) is 3.44. The van der Waals surface area contributed by atoms with Crippen LogP contribution in [0.2, 0.25) is 0 Å². The molecule has 12 heteroatoms. The minimum Gasteiger partial charge on any atom is -0.493 e. The van der Waals surface area contributed by atoms with Crippen molar-refractivity contribution >= 4 is 0 Å². The first-order valence-corrected chi connectivity index (χ1v) is 7.27. The van der Waals surface area contributed by atoms with Gasteiger partial charge >= 0.3 is 12.8 Å². The quantitative estimate of drug-likeness (QED) is 0.618. The van der Waals surface area contributed by atoms with Gasteiger partial charge in [-0.15, -0.1) is 10.2 Å². The van der Waals surface area contributed by atoms with Crippen molar-refractivity contribution in [1.82, 2.24) is 20.0 Å². The molecule has 2 heterocycles. The predicted molar refractivity (Wildman–Crippen MR) is 80.1 cm³/mol. The fourth-order valence-corrected chi connectivity index (χ4v) is 2.24. The summed E-state index contributed by atoms with van der Waals surface area (Å²) in [6.45, 7) is -3.03. The van der Waals surface area contributed by atoms with E-state index in [2.05, 4.69) is 20.0 Å². The van der Waals surface area contributed by atoms with Gasteiger partial charge in [0.05, 0.1) is 7.11 Å². The number of hydrogen-bond acceptors (Lipinski definition) is 6. The van der Waals surface area contributed by atoms with Crippen LogP contribution >= 0.6 is 0 Å². The Kier molecular flexibility index (Phi) is 4.72. The van der Waals surface area contributed by atoms with Gasteiger partial charge in [-0.3, -0.25) is 4.68 Å². The molecule has 0 amide bonds. The Morgan fingerprint density at radius 2 is 1.78 bits per heavy atom. The molecule has 27 heavy (non-hydrogen) atoms. The normalized spacial score (nSPS) is 11.9. The Morgan fingerprint density at radius 1 is 1.07 bits per heavy atom. The zero-order chi connectivity index (χ0) is 19.8. The fraction of sp³-hybridized carbons (Fsp3) is 0.267. The topological polar surface area (TPSA) is 75.2 Å². The second kappa shape index (κ2) is 6.85. The summed E-state index contributed by atoms with van der Waals surface area (Å²) in [5.74, 6) is -0.450. The van der Waals surface area contributed by atoms with E-state index >= 15 is 0 Å². The van der Waals surface area contributed by atoms with E-state index in [1.54, 1.807) is 0 Å². The Morgan fingerprint density at radius 3 is 2.37 bits per heavy atom. The van der Waals surface area contributed by atoms with E-state index in [9.17, 15) is 22.0 Å². The highest BCUT2D eigenvalue weighted by Gasteiger charge is 2.35. The Bertz CT molecular complexity index is 951. The molecule has 3 rings (SSSR count). The van der Waals surface area contributed by atoms with Crippen LogP contribution in [-0.2, 0) is 13.2 Å². The van der Waals surface area contributed by atoms with E-state index in [0.29, 0.717) is 5.56 Å². The van der Waals surface area contributed by atoms with E-state index < -0.39 is 18.5 Å². The van der Waals surface area contributed by atoms with Gasteiger partial charge in [-0.1, -0.05) is 0 Å². The second-order valence-electron chi connectivity index (χ2n) is 5.19. The highest BCUT2D eigenvalue weighted by atomic mass is 19.4. The van der Waals surface area contributed by atoms with Crippen molar-refractivity contribution in [2.45, 2.75) is 12.8 Å². The van der Waals surface area contributed by atoms with Crippen molar-refractivity contribution in [1.29, 1.82) is 0 Å². The summed E-state index contributed by atoms with van der Waals surface area (Å²) in [5.41, 5.74) is -0.842. The minimum atomic E-state index is -4.62. The molecule has 0 spiro atoms. The highest BCUT2D eigenvalue weighted by molar-refractivity contribution is 5.61. The van der Waals surface area contributed by atoms with E-state index in [1.165, 1.54) is 32.4 Å². The highest BCUT2D eigenvalue weighted by Crippen LogP contribution is 2.35. The molecule has 0 bridgehead atoms. The number of methoxy groups -OCH3 is 1. The zero-order valence-corrected chi connectivity index (χ0v) is 13.8. The summed E-state index contributed by atoms with van der Waals surface area (Å²) in [7, 11) is 2.55. The summed E-state index contributed by atoms with van der Waals surface area (Å²) in [4.78, 5) is 0. The molecule has 0 radical (unpaired) electrons. The van der Waals surface area contributed by atoms with Crippen LogP contribution in [0.3, 0.4) is 0 Å². The molecule has 7 nitrogen and oxygen atoms in total. The van der Waals surface area contributed by atoms with Crippen LogP contribution in [0.4, 0.5) is 22.0 Å². The number of rotatable bonds is 5. The largest absolute Gasteiger partial charge is 0.493 e. The van der Waals surface area contributed by atoms with Gasteiger partial charge in [0.2, 0.25) is 5.89 Å². The SMILES string of the molecule is COc1cc(-c2nnc(-c3cc(C(F)(F)F)nn3C)o2)ccc1OC(F)F. The molecule has 144 valence electrons. The van der Waals surface area contributed by atoms with Gasteiger partial charge in [0.25, 0.3) is 5.89 Å². The molecule has 0 aliphatic carbocycles. The van der Waals surface area contributed by atoms with Gasteiger partial charge in [0.1, 0.15) is 5.69 Å². The first kappa shape index (κ1) is 18.6. The van der Waals surface area contributed by atoms with Gasteiger partial charge in [-0.25, -0.2) is 0 Å². The van der Waals surface area contributed by atoms with Gasteiger partial charge in [0.15, 0.2) is 17.2 Å². The van der Waals surface area contributed by atoms with Gasteiger partial charge < -0.3 is 13.9 Å². The number of halogens is 5. The molecule has 0 saturated heterocycles. The fourth-order valence-electron chi connectivity index (χ4n) is 2.24. The molecule has 3 aromatic rings. The van der Waals surface area contributed by atoms with Crippen LogP contribution in [0.1, 0.15) is 5.69 Å². The standard InChI is InChI=1S/C15H11F5N4O3/c1-24-8(6-11(23-24)15(18,19)20)13-22-21-12(27-13)7-3-4-9(26-14(16)17)10(5-7)25-2/h3-6,14H,1-2H3. The minimum absolute atomic E-state index is 0.00700. The summed E-state index contributed by atoms with van der Waals surface area (Å²) in [5, 5.41) is 10.8. The van der Waals surface area contributed by atoms with Crippen molar-refractivity contribution in [2.75, 3.05) is 7.11 Å². The maximum absolute atomic E-state index is 12.8. The third-order valence-corrected chi connectivity index (χ3v) is 3.44. The van der Waals surface area contributed by atoms with Gasteiger partial charge in [0, 0.05) is 18.7 Å². The van der Waals surface area contributed by atoms with E-state index in [-0.39, 0.29) is 29.0 Å². The molecule has 0 saturated carbocycles. The van der Waals surface area contributed by atoms with Crippen LogP contribution in [0.25, 0.3) is 23.0 Å². The Balaban J connectivity index is 1.93. The lowest BCUT2D eigenvalue weighted by molar-refractivity contribution is -0.141. The zero-order valence-electron chi connectivity index (χ0n) is 13.8. The summed E-state index contributed by atoms with van der Waals surface area (Å²) < 4.78 is 78.6. The predicted octanol–water partition coefficient (Wildman–Crippen LogP) is 3.77. The maximum atomic E-state index is 12.8. The van der Waals surface area contributed by atoms with Crippen LogP contribution in [-0.4, -0.2) is 33.7 Å². The number of alkyl halides is 5. The average Bonchev–Trinajstić information content (AvgIpc) is 3.21. The van der Waals surface area contributed by atoms with Crippen LogP contribution < -0.4 is 9.47 Å². The van der Waals surface area contributed by atoms with Crippen molar-refractivity contribution < 1.29 is 35.8 Å². The van der Waals surface area contributed by atoms with Crippen LogP contribution in [0.15, 0.2) is 28.7 Å². The molecule has 0 N–H and O–H groups in total. The van der Waals surface area contributed by atoms with Crippen molar-refractivity contribution in [3.8, 4) is 34.5 Å².